The monoisotopic (exact) mass is 346 g/mol. The zero-order chi connectivity index (χ0) is 18.6. The van der Waals surface area contributed by atoms with Crippen LogP contribution in [0.15, 0.2) is 34.7 Å². The van der Waals surface area contributed by atoms with E-state index < -0.39 is 11.6 Å². The van der Waals surface area contributed by atoms with Gasteiger partial charge in [-0.15, -0.1) is 5.10 Å². The van der Waals surface area contributed by atoms with Gasteiger partial charge in [0.2, 0.25) is 0 Å². The lowest BCUT2D eigenvalue weighted by Gasteiger charge is -2.14. The van der Waals surface area contributed by atoms with E-state index in [1.54, 1.807) is 6.07 Å². The van der Waals surface area contributed by atoms with E-state index in [9.17, 15) is 8.78 Å². The van der Waals surface area contributed by atoms with Crippen LogP contribution in [0, 0.1) is 25.5 Å². The van der Waals surface area contributed by atoms with E-state index in [0.29, 0.717) is 5.69 Å². The number of nitrogens with two attached hydrogens (primary N) is 1. The van der Waals surface area contributed by atoms with Crippen LogP contribution >= 0.6 is 0 Å². The van der Waals surface area contributed by atoms with E-state index in [0.717, 1.165) is 17.2 Å². The van der Waals surface area contributed by atoms with Gasteiger partial charge in [-0.2, -0.15) is 0 Å². The Bertz CT molecular complexity index is 878. The number of rotatable bonds is 3. The summed E-state index contributed by atoms with van der Waals surface area (Å²) in [5, 5.41) is 10.2. The average Bonchev–Trinajstić information content (AvgIpc) is 3.02. The molecule has 0 aliphatic rings. The van der Waals surface area contributed by atoms with Crippen LogP contribution in [0.3, 0.4) is 0 Å². The summed E-state index contributed by atoms with van der Waals surface area (Å²) in [4.78, 5) is 0. The largest absolute Gasteiger partial charge is 0.403 e. The van der Waals surface area contributed by atoms with E-state index in [-0.39, 0.29) is 23.2 Å². The summed E-state index contributed by atoms with van der Waals surface area (Å²) < 4.78 is 33.1. The van der Waals surface area contributed by atoms with Gasteiger partial charge in [-0.3, -0.25) is 0 Å². The highest BCUT2D eigenvalue weighted by Crippen LogP contribution is 2.34. The molecule has 2 aromatic carbocycles. The van der Waals surface area contributed by atoms with Crippen LogP contribution in [0.1, 0.15) is 25.0 Å². The van der Waals surface area contributed by atoms with Gasteiger partial charge in [-0.1, -0.05) is 36.6 Å². The first-order valence-corrected chi connectivity index (χ1v) is 7.87. The highest BCUT2D eigenvalue weighted by atomic mass is 19.2. The van der Waals surface area contributed by atoms with Crippen molar-refractivity contribution in [1.29, 1.82) is 0 Å². The molecule has 5 nitrogen and oxygen atoms in total. The molecule has 132 valence electrons. The molecule has 1 aromatic heterocycles. The van der Waals surface area contributed by atoms with Crippen LogP contribution in [-0.2, 0) is 0 Å². The third kappa shape index (κ3) is 3.93. The standard InChI is InChI=1S/C16H14F2N4O.C2H6/c1-8-3-6-12(9(2)7-8)20-14-10(4-5-11(17)13(14)18)15-21-22-16(19)23-15;1-2/h3-7,20H,1-2H3,(H2,19,22);1-2H3. The number of hydrogen-bond acceptors (Lipinski definition) is 5. The zero-order valence-electron chi connectivity index (χ0n) is 14.5. The Morgan fingerprint density at radius 2 is 1.76 bits per heavy atom. The lowest BCUT2D eigenvalue weighted by atomic mass is 10.1. The molecule has 0 atom stereocenters. The molecular formula is C18H20F2N4O. The number of nitrogens with one attached hydrogen (secondary N) is 1. The normalized spacial score (nSPS) is 10.2. The van der Waals surface area contributed by atoms with Crippen LogP contribution in [0.25, 0.3) is 11.5 Å². The van der Waals surface area contributed by atoms with E-state index >= 15 is 0 Å². The SMILES string of the molecule is CC.Cc1ccc(Nc2c(-c3nnc(N)o3)ccc(F)c2F)c(C)c1. The van der Waals surface area contributed by atoms with Crippen molar-refractivity contribution in [2.24, 2.45) is 0 Å². The summed E-state index contributed by atoms with van der Waals surface area (Å²) in [5.74, 6) is -2.00. The molecule has 3 aromatic rings. The highest BCUT2D eigenvalue weighted by molar-refractivity contribution is 5.78. The molecule has 7 heteroatoms. The quantitative estimate of drug-likeness (QED) is 0.699. The molecule has 0 bridgehead atoms. The minimum absolute atomic E-state index is 0.00802. The Kier molecular flexibility index (Phi) is 5.69. The fourth-order valence-corrected chi connectivity index (χ4v) is 2.28. The van der Waals surface area contributed by atoms with Gasteiger partial charge in [0.1, 0.15) is 0 Å². The minimum Gasteiger partial charge on any atom is -0.403 e. The summed E-state index contributed by atoms with van der Waals surface area (Å²) in [6, 6.07) is 7.80. The van der Waals surface area contributed by atoms with Crippen LogP contribution < -0.4 is 11.1 Å². The molecule has 0 aliphatic carbocycles. The van der Waals surface area contributed by atoms with Crippen molar-refractivity contribution in [3.63, 3.8) is 0 Å². The van der Waals surface area contributed by atoms with Crippen LogP contribution in [0.4, 0.5) is 26.2 Å². The summed E-state index contributed by atoms with van der Waals surface area (Å²) in [5.41, 5.74) is 8.15. The predicted molar refractivity (Wildman–Crippen MR) is 94.6 cm³/mol. The van der Waals surface area contributed by atoms with E-state index in [4.69, 9.17) is 10.2 Å². The second-order valence-electron chi connectivity index (χ2n) is 5.17. The molecule has 0 radical (unpaired) electrons. The van der Waals surface area contributed by atoms with Gasteiger partial charge in [0.15, 0.2) is 11.6 Å². The third-order valence-corrected chi connectivity index (χ3v) is 3.41. The molecule has 0 amide bonds. The Balaban J connectivity index is 0.00000109. The zero-order valence-corrected chi connectivity index (χ0v) is 14.5. The molecule has 0 saturated carbocycles. The Labute approximate surface area is 144 Å². The van der Waals surface area contributed by atoms with Crippen molar-refractivity contribution < 1.29 is 13.2 Å². The van der Waals surface area contributed by atoms with Crippen LogP contribution in [0.5, 0.6) is 0 Å². The van der Waals surface area contributed by atoms with Gasteiger partial charge < -0.3 is 15.5 Å². The highest BCUT2D eigenvalue weighted by Gasteiger charge is 2.19. The molecular weight excluding hydrogens is 326 g/mol. The number of hydrogen-bond donors (Lipinski definition) is 2. The smallest absolute Gasteiger partial charge is 0.313 e. The molecule has 0 aliphatic heterocycles. The van der Waals surface area contributed by atoms with Crippen molar-refractivity contribution in [2.75, 3.05) is 11.1 Å². The average molecular weight is 346 g/mol. The topological polar surface area (TPSA) is 77.0 Å². The maximum atomic E-state index is 14.3. The Morgan fingerprint density at radius 3 is 2.36 bits per heavy atom. The van der Waals surface area contributed by atoms with Gasteiger partial charge in [0.25, 0.3) is 5.89 Å². The maximum absolute atomic E-state index is 14.3. The third-order valence-electron chi connectivity index (χ3n) is 3.41. The summed E-state index contributed by atoms with van der Waals surface area (Å²) in [6.45, 7) is 7.82. The first kappa shape index (κ1) is 18.4. The van der Waals surface area contributed by atoms with Crippen LogP contribution in [-0.4, -0.2) is 10.2 Å². The van der Waals surface area contributed by atoms with E-state index in [1.165, 1.54) is 6.07 Å². The van der Waals surface area contributed by atoms with Crippen LogP contribution in [0.2, 0.25) is 0 Å². The van der Waals surface area contributed by atoms with Gasteiger partial charge in [0.05, 0.1) is 11.3 Å². The number of nitrogens with zero attached hydrogens (tertiary/aromatic N) is 2. The summed E-state index contributed by atoms with van der Waals surface area (Å²) >= 11 is 0. The molecule has 0 spiro atoms. The first-order valence-electron chi connectivity index (χ1n) is 7.87. The van der Waals surface area contributed by atoms with Gasteiger partial charge >= 0.3 is 6.01 Å². The van der Waals surface area contributed by atoms with E-state index in [1.807, 2.05) is 39.8 Å². The molecule has 25 heavy (non-hydrogen) atoms. The Morgan fingerprint density at radius 1 is 1.04 bits per heavy atom. The maximum Gasteiger partial charge on any atom is 0.313 e. The number of halogens is 2. The second-order valence-corrected chi connectivity index (χ2v) is 5.17. The number of benzene rings is 2. The van der Waals surface area contributed by atoms with Crippen molar-refractivity contribution in [2.45, 2.75) is 27.7 Å². The van der Waals surface area contributed by atoms with Crippen molar-refractivity contribution >= 4 is 17.4 Å². The lowest BCUT2D eigenvalue weighted by Crippen LogP contribution is -2.01. The number of anilines is 3. The molecule has 0 fully saturated rings. The molecule has 3 rings (SSSR count). The van der Waals surface area contributed by atoms with Gasteiger partial charge in [0, 0.05) is 5.69 Å². The fraction of sp³-hybridized carbons (Fsp3) is 0.222. The van der Waals surface area contributed by atoms with Crippen molar-refractivity contribution in [1.82, 2.24) is 10.2 Å². The number of nitrogen functional groups attached to an aromatic ring is 1. The predicted octanol–water partition coefficient (Wildman–Crippen LogP) is 4.98. The molecule has 0 unspecified atom stereocenters. The van der Waals surface area contributed by atoms with Gasteiger partial charge in [-0.25, -0.2) is 8.78 Å². The number of aryl methyl sites for hydroxylation is 2. The second kappa shape index (κ2) is 7.74. The number of aromatic nitrogens is 2. The fourth-order valence-electron chi connectivity index (χ4n) is 2.28. The lowest BCUT2D eigenvalue weighted by molar-refractivity contribution is 0.511. The molecule has 3 N–H and O–H groups in total. The summed E-state index contributed by atoms with van der Waals surface area (Å²) in [7, 11) is 0. The van der Waals surface area contributed by atoms with E-state index in [2.05, 4.69) is 15.5 Å². The van der Waals surface area contributed by atoms with Crippen molar-refractivity contribution in [3.05, 3.63) is 53.1 Å². The van der Waals surface area contributed by atoms with Gasteiger partial charge in [-0.05, 0) is 37.6 Å². The minimum atomic E-state index is -1.03. The molecule has 1 heterocycles. The Hall–Kier alpha value is -2.96. The first-order chi connectivity index (χ1) is 12.0. The van der Waals surface area contributed by atoms with Crippen molar-refractivity contribution in [3.8, 4) is 11.5 Å². The summed E-state index contributed by atoms with van der Waals surface area (Å²) in [6.07, 6.45) is 0. The molecule has 0 saturated heterocycles.